The van der Waals surface area contributed by atoms with Crippen LogP contribution in [0.5, 0.6) is 0 Å². The maximum absolute atomic E-state index is 14.5. The number of sulfonamides is 1. The van der Waals surface area contributed by atoms with Gasteiger partial charge in [0, 0.05) is 28.5 Å². The van der Waals surface area contributed by atoms with Crippen molar-refractivity contribution in [3.8, 4) is 0 Å². The van der Waals surface area contributed by atoms with E-state index in [-0.39, 0.29) is 45.5 Å². The van der Waals surface area contributed by atoms with Gasteiger partial charge in [-0.2, -0.15) is 0 Å². The number of hydrogen-bond acceptors (Lipinski definition) is 4. The van der Waals surface area contributed by atoms with Crippen molar-refractivity contribution in [3.05, 3.63) is 129 Å². The highest BCUT2D eigenvalue weighted by atomic mass is 79.9. The minimum atomic E-state index is -4.29. The van der Waals surface area contributed by atoms with Gasteiger partial charge in [-0.25, -0.2) is 8.42 Å². The molecule has 0 aliphatic carbocycles. The fraction of sp³-hybridized carbons (Fsp3) is 0.235. The lowest BCUT2D eigenvalue weighted by Gasteiger charge is -2.34. The molecule has 4 rings (SSSR count). The van der Waals surface area contributed by atoms with Gasteiger partial charge < -0.3 is 10.2 Å². The van der Waals surface area contributed by atoms with Crippen molar-refractivity contribution in [2.45, 2.75) is 50.2 Å². The molecule has 45 heavy (non-hydrogen) atoms. The molecule has 0 aromatic heterocycles. The highest BCUT2D eigenvalue weighted by molar-refractivity contribution is 9.10. The third-order valence-corrected chi connectivity index (χ3v) is 10.2. The van der Waals surface area contributed by atoms with E-state index in [1.807, 2.05) is 68.4 Å². The van der Waals surface area contributed by atoms with Gasteiger partial charge in [-0.15, -0.1) is 0 Å². The fourth-order valence-electron chi connectivity index (χ4n) is 4.69. The molecule has 2 atom stereocenters. The molecule has 4 aromatic rings. The summed E-state index contributed by atoms with van der Waals surface area (Å²) in [7, 11) is -4.29. The van der Waals surface area contributed by atoms with E-state index in [1.54, 1.807) is 18.2 Å². The maximum atomic E-state index is 14.5. The van der Waals surface area contributed by atoms with Gasteiger partial charge in [0.25, 0.3) is 10.0 Å². The van der Waals surface area contributed by atoms with Crippen LogP contribution in [0, 0.1) is 0 Å². The predicted molar refractivity (Wildman–Crippen MR) is 184 cm³/mol. The molecule has 0 spiro atoms. The van der Waals surface area contributed by atoms with Crippen molar-refractivity contribution in [2.75, 3.05) is 10.8 Å². The number of rotatable bonds is 13. The van der Waals surface area contributed by atoms with Crippen LogP contribution in [-0.2, 0) is 32.6 Å². The average Bonchev–Trinajstić information content (AvgIpc) is 3.04. The van der Waals surface area contributed by atoms with Crippen LogP contribution in [0.4, 0.5) is 5.69 Å². The zero-order chi connectivity index (χ0) is 32.6. The molecular formula is C34H34BrCl2N3O4S. The van der Waals surface area contributed by atoms with Crippen LogP contribution in [-0.4, -0.2) is 43.8 Å². The minimum absolute atomic E-state index is 0.0244. The van der Waals surface area contributed by atoms with E-state index >= 15 is 0 Å². The average molecular weight is 732 g/mol. The Kier molecular flexibility index (Phi) is 12.1. The Labute approximate surface area is 283 Å². The van der Waals surface area contributed by atoms with E-state index in [9.17, 15) is 18.0 Å². The van der Waals surface area contributed by atoms with E-state index in [0.717, 1.165) is 19.9 Å². The summed E-state index contributed by atoms with van der Waals surface area (Å²) in [6.45, 7) is 3.28. The third-order valence-electron chi connectivity index (χ3n) is 7.33. The second-order valence-electron chi connectivity index (χ2n) is 10.6. The van der Waals surface area contributed by atoms with Crippen LogP contribution >= 0.6 is 39.1 Å². The Morgan fingerprint density at radius 2 is 1.49 bits per heavy atom. The predicted octanol–water partition coefficient (Wildman–Crippen LogP) is 7.51. The van der Waals surface area contributed by atoms with Crippen molar-refractivity contribution in [1.82, 2.24) is 10.2 Å². The molecular weight excluding hydrogens is 697 g/mol. The first-order valence-corrected chi connectivity index (χ1v) is 17.4. The third kappa shape index (κ3) is 9.10. The first kappa shape index (κ1) is 34.5. The Hall–Kier alpha value is -3.37. The van der Waals surface area contributed by atoms with Gasteiger partial charge in [-0.1, -0.05) is 107 Å². The van der Waals surface area contributed by atoms with Crippen molar-refractivity contribution >= 4 is 66.7 Å². The van der Waals surface area contributed by atoms with Crippen LogP contribution < -0.4 is 9.62 Å². The molecule has 0 radical (unpaired) electrons. The van der Waals surface area contributed by atoms with Crippen LogP contribution in [0.25, 0.3) is 0 Å². The first-order chi connectivity index (χ1) is 21.5. The molecule has 0 fully saturated rings. The standard InChI is InChI=1S/C34H34BrCl2N3O4S/c1-3-24(2)38-34(42)32(20-25-10-6-4-7-11-25)39(22-26-14-16-27(35)17-15-26)33(41)23-40(31-21-28(36)18-19-30(31)37)45(43,44)29-12-8-5-9-13-29/h4-19,21,24,32H,3,20,22-23H2,1-2H3,(H,38,42)/t24-,32+/m0/s1. The number of nitrogens with zero attached hydrogens (tertiary/aromatic N) is 2. The fourth-order valence-corrected chi connectivity index (χ4v) is 6.84. The summed E-state index contributed by atoms with van der Waals surface area (Å²) in [5.74, 6) is -0.925. The van der Waals surface area contributed by atoms with Gasteiger partial charge in [0.05, 0.1) is 15.6 Å². The Bertz CT molecular complexity index is 1710. The number of amides is 2. The quantitative estimate of drug-likeness (QED) is 0.154. The van der Waals surface area contributed by atoms with E-state index in [2.05, 4.69) is 21.2 Å². The summed E-state index contributed by atoms with van der Waals surface area (Å²) in [5.41, 5.74) is 1.66. The van der Waals surface area contributed by atoms with E-state index < -0.39 is 28.5 Å². The van der Waals surface area contributed by atoms with Crippen LogP contribution in [0.3, 0.4) is 0 Å². The smallest absolute Gasteiger partial charge is 0.264 e. The molecule has 236 valence electrons. The van der Waals surface area contributed by atoms with E-state index in [4.69, 9.17) is 23.2 Å². The van der Waals surface area contributed by atoms with Gasteiger partial charge in [0.2, 0.25) is 11.8 Å². The molecule has 2 amide bonds. The number of nitrogens with one attached hydrogen (secondary N) is 1. The summed E-state index contributed by atoms with van der Waals surface area (Å²) in [4.78, 5) is 29.8. The number of carbonyl (C=O) groups is 2. The molecule has 0 saturated heterocycles. The zero-order valence-corrected chi connectivity index (χ0v) is 28.8. The molecule has 4 aromatic carbocycles. The molecule has 11 heteroatoms. The Morgan fingerprint density at radius 3 is 2.11 bits per heavy atom. The lowest BCUT2D eigenvalue weighted by Crippen LogP contribution is -2.54. The number of hydrogen-bond donors (Lipinski definition) is 1. The molecule has 0 heterocycles. The van der Waals surface area contributed by atoms with E-state index in [0.29, 0.717) is 6.42 Å². The minimum Gasteiger partial charge on any atom is -0.352 e. The largest absolute Gasteiger partial charge is 0.352 e. The van der Waals surface area contributed by atoms with Crippen LogP contribution in [0.15, 0.2) is 112 Å². The van der Waals surface area contributed by atoms with Gasteiger partial charge >= 0.3 is 0 Å². The van der Waals surface area contributed by atoms with Crippen LogP contribution in [0.1, 0.15) is 31.4 Å². The Morgan fingerprint density at radius 1 is 0.867 bits per heavy atom. The van der Waals surface area contributed by atoms with Gasteiger partial charge in [-0.05, 0) is 66.9 Å². The molecule has 7 nitrogen and oxygen atoms in total. The summed E-state index contributed by atoms with van der Waals surface area (Å²) < 4.78 is 30.0. The van der Waals surface area contributed by atoms with Gasteiger partial charge in [-0.3, -0.25) is 13.9 Å². The molecule has 1 N–H and O–H groups in total. The van der Waals surface area contributed by atoms with Gasteiger partial charge in [0.15, 0.2) is 0 Å². The number of carbonyl (C=O) groups excluding carboxylic acids is 2. The van der Waals surface area contributed by atoms with Crippen molar-refractivity contribution in [1.29, 1.82) is 0 Å². The SMILES string of the molecule is CC[C@H](C)NC(=O)[C@@H](Cc1ccccc1)N(Cc1ccc(Br)cc1)C(=O)CN(c1cc(Cl)ccc1Cl)S(=O)(=O)c1ccccc1. The van der Waals surface area contributed by atoms with Crippen molar-refractivity contribution in [3.63, 3.8) is 0 Å². The molecule has 0 aliphatic heterocycles. The highest BCUT2D eigenvalue weighted by Gasteiger charge is 2.35. The second kappa shape index (κ2) is 15.8. The molecule has 0 aliphatic rings. The van der Waals surface area contributed by atoms with Gasteiger partial charge in [0.1, 0.15) is 12.6 Å². The summed E-state index contributed by atoms with van der Waals surface area (Å²) >= 11 is 16.3. The monoisotopic (exact) mass is 729 g/mol. The normalized spacial score (nSPS) is 12.6. The van der Waals surface area contributed by atoms with E-state index in [1.165, 1.54) is 35.2 Å². The van der Waals surface area contributed by atoms with Crippen molar-refractivity contribution < 1.29 is 18.0 Å². The van der Waals surface area contributed by atoms with Crippen molar-refractivity contribution in [2.24, 2.45) is 0 Å². The number of halogens is 3. The number of anilines is 1. The lowest BCUT2D eigenvalue weighted by molar-refractivity contribution is -0.140. The first-order valence-electron chi connectivity index (χ1n) is 14.4. The summed E-state index contributed by atoms with van der Waals surface area (Å²) in [6.07, 6.45) is 0.912. The molecule has 0 bridgehead atoms. The Balaban J connectivity index is 1.83. The highest BCUT2D eigenvalue weighted by Crippen LogP contribution is 2.33. The molecule has 0 saturated carbocycles. The second-order valence-corrected chi connectivity index (χ2v) is 14.2. The zero-order valence-electron chi connectivity index (χ0n) is 24.9. The van der Waals surface area contributed by atoms with Crippen LogP contribution in [0.2, 0.25) is 10.0 Å². The maximum Gasteiger partial charge on any atom is 0.264 e. The molecule has 0 unspecified atom stereocenters. The number of benzene rings is 4. The topological polar surface area (TPSA) is 86.8 Å². The lowest BCUT2D eigenvalue weighted by atomic mass is 10.0. The summed E-state index contributed by atoms with van der Waals surface area (Å²) in [5, 5.41) is 3.37. The summed E-state index contributed by atoms with van der Waals surface area (Å²) in [6, 6.07) is 27.9.